The van der Waals surface area contributed by atoms with Gasteiger partial charge in [-0.1, -0.05) is 31.0 Å². The lowest BCUT2D eigenvalue weighted by atomic mass is 9.96. The summed E-state index contributed by atoms with van der Waals surface area (Å²) in [6.45, 7) is 0. The molecule has 3 rings (SSSR count). The first-order chi connectivity index (χ1) is 12.4. The van der Waals surface area contributed by atoms with E-state index in [1.54, 1.807) is 12.3 Å². The van der Waals surface area contributed by atoms with Crippen molar-refractivity contribution in [3.8, 4) is 0 Å². The van der Waals surface area contributed by atoms with Gasteiger partial charge in [0, 0.05) is 12.3 Å². The van der Waals surface area contributed by atoms with Gasteiger partial charge in [0.05, 0.1) is 28.6 Å². The molecule has 2 heterocycles. The van der Waals surface area contributed by atoms with E-state index in [1.807, 2.05) is 4.68 Å². The van der Waals surface area contributed by atoms with Crippen LogP contribution in [0.2, 0.25) is 0 Å². The van der Waals surface area contributed by atoms with Gasteiger partial charge in [0.1, 0.15) is 5.82 Å². The first-order valence-corrected chi connectivity index (χ1v) is 9.41. The maximum absolute atomic E-state index is 12.5. The Morgan fingerprint density at radius 3 is 2.65 bits per heavy atom. The average molecular weight is 384 g/mol. The van der Waals surface area contributed by atoms with Gasteiger partial charge in [-0.2, -0.15) is 18.3 Å². The Morgan fingerprint density at radius 2 is 2.00 bits per heavy atom. The van der Waals surface area contributed by atoms with E-state index in [1.165, 1.54) is 12.5 Å². The van der Waals surface area contributed by atoms with Crippen molar-refractivity contribution >= 4 is 23.5 Å². The molecule has 0 aliphatic heterocycles. The Kier molecular flexibility index (Phi) is 5.85. The fourth-order valence-corrected chi connectivity index (χ4v) is 3.62. The van der Waals surface area contributed by atoms with Crippen molar-refractivity contribution in [2.75, 3.05) is 11.1 Å². The van der Waals surface area contributed by atoms with E-state index < -0.39 is 11.7 Å². The highest BCUT2D eigenvalue weighted by Crippen LogP contribution is 2.31. The molecule has 1 fully saturated rings. The van der Waals surface area contributed by atoms with Crippen LogP contribution in [0.15, 0.2) is 35.6 Å². The Balaban J connectivity index is 1.54. The molecule has 1 aliphatic rings. The van der Waals surface area contributed by atoms with Gasteiger partial charge in [0.15, 0.2) is 0 Å². The predicted molar refractivity (Wildman–Crippen MR) is 92.9 cm³/mol. The molecule has 26 heavy (non-hydrogen) atoms. The van der Waals surface area contributed by atoms with E-state index in [0.717, 1.165) is 49.7 Å². The van der Waals surface area contributed by atoms with Gasteiger partial charge < -0.3 is 5.32 Å². The minimum atomic E-state index is -4.41. The largest absolute Gasteiger partial charge is 0.417 e. The number of amides is 1. The molecule has 0 radical (unpaired) electrons. The molecule has 1 amide bonds. The third-order valence-electron chi connectivity index (χ3n) is 4.27. The molecule has 2 aromatic heterocycles. The number of hydrogen-bond acceptors (Lipinski definition) is 4. The topological polar surface area (TPSA) is 59.8 Å². The van der Waals surface area contributed by atoms with Crippen LogP contribution in [0.5, 0.6) is 0 Å². The van der Waals surface area contributed by atoms with Gasteiger partial charge in [0.2, 0.25) is 5.91 Å². The number of rotatable bonds is 5. The fraction of sp³-hybridized carbons (Fsp3) is 0.471. The minimum Gasteiger partial charge on any atom is -0.310 e. The number of thioether (sulfide) groups is 1. The predicted octanol–water partition coefficient (Wildman–Crippen LogP) is 4.53. The Morgan fingerprint density at radius 1 is 1.23 bits per heavy atom. The lowest BCUT2D eigenvalue weighted by Crippen LogP contribution is -2.21. The molecule has 0 unspecified atom stereocenters. The van der Waals surface area contributed by atoms with Crippen LogP contribution < -0.4 is 5.32 Å². The number of carbonyl (C=O) groups excluding carboxylic acids is 1. The van der Waals surface area contributed by atoms with E-state index in [0.29, 0.717) is 16.9 Å². The van der Waals surface area contributed by atoms with Gasteiger partial charge in [-0.3, -0.25) is 4.79 Å². The number of nitrogens with one attached hydrogen (secondary N) is 1. The molecule has 1 aliphatic carbocycles. The molecule has 2 aromatic rings. The molecule has 140 valence electrons. The average Bonchev–Trinajstić information content (AvgIpc) is 3.08. The third kappa shape index (κ3) is 4.78. The molecule has 5 nitrogen and oxygen atoms in total. The van der Waals surface area contributed by atoms with Gasteiger partial charge in [0.25, 0.3) is 0 Å². The van der Waals surface area contributed by atoms with Crippen LogP contribution in [-0.4, -0.2) is 26.4 Å². The molecule has 0 saturated heterocycles. The Labute approximate surface area is 153 Å². The summed E-state index contributed by atoms with van der Waals surface area (Å²) in [6, 6.07) is 4.30. The van der Waals surface area contributed by atoms with Crippen molar-refractivity contribution in [1.82, 2.24) is 14.8 Å². The lowest BCUT2D eigenvalue weighted by molar-refractivity contribution is -0.137. The molecule has 0 bridgehead atoms. The molecule has 0 atom stereocenters. The minimum absolute atomic E-state index is 0.0637. The first-order valence-electron chi connectivity index (χ1n) is 8.43. The highest BCUT2D eigenvalue weighted by molar-refractivity contribution is 7.99. The van der Waals surface area contributed by atoms with Crippen molar-refractivity contribution in [2.24, 2.45) is 0 Å². The summed E-state index contributed by atoms with van der Waals surface area (Å²) in [6.07, 6.45) is 3.68. The Hall–Kier alpha value is -2.03. The van der Waals surface area contributed by atoms with E-state index in [4.69, 9.17) is 0 Å². The van der Waals surface area contributed by atoms with Crippen LogP contribution in [0.4, 0.5) is 19.0 Å². The number of aromatic nitrogens is 3. The highest BCUT2D eigenvalue weighted by atomic mass is 32.2. The fourth-order valence-electron chi connectivity index (χ4n) is 2.98. The summed E-state index contributed by atoms with van der Waals surface area (Å²) < 4.78 is 39.4. The zero-order chi connectivity index (χ0) is 18.6. The molecular weight excluding hydrogens is 365 g/mol. The molecule has 1 N–H and O–H groups in total. The van der Waals surface area contributed by atoms with Crippen molar-refractivity contribution in [3.63, 3.8) is 0 Å². The monoisotopic (exact) mass is 384 g/mol. The second-order valence-electron chi connectivity index (χ2n) is 6.17. The number of alkyl halides is 3. The second-order valence-corrected chi connectivity index (χ2v) is 7.17. The van der Waals surface area contributed by atoms with Crippen LogP contribution in [0.1, 0.15) is 43.7 Å². The summed E-state index contributed by atoms with van der Waals surface area (Å²) in [5.41, 5.74) is -0.803. The van der Waals surface area contributed by atoms with Crippen molar-refractivity contribution < 1.29 is 18.0 Å². The maximum atomic E-state index is 12.5. The maximum Gasteiger partial charge on any atom is 0.417 e. The molecule has 0 aromatic carbocycles. The summed E-state index contributed by atoms with van der Waals surface area (Å²) in [7, 11) is 0. The SMILES string of the molecule is O=C(CSc1ccc(C(F)(F)F)cn1)Nc1ccnn1C1CCCCC1. The quantitative estimate of drug-likeness (QED) is 0.770. The number of hydrogen-bond donors (Lipinski definition) is 1. The van der Waals surface area contributed by atoms with Crippen molar-refractivity contribution in [3.05, 3.63) is 36.2 Å². The number of nitrogens with zero attached hydrogens (tertiary/aromatic N) is 3. The van der Waals surface area contributed by atoms with Crippen LogP contribution >= 0.6 is 11.8 Å². The number of pyridine rings is 1. The molecule has 0 spiro atoms. The van der Waals surface area contributed by atoms with Gasteiger partial charge in [-0.05, 0) is 25.0 Å². The van der Waals surface area contributed by atoms with Gasteiger partial charge in [-0.25, -0.2) is 9.67 Å². The lowest BCUT2D eigenvalue weighted by Gasteiger charge is -2.23. The van der Waals surface area contributed by atoms with Gasteiger partial charge >= 0.3 is 6.18 Å². The molecule has 1 saturated carbocycles. The highest BCUT2D eigenvalue weighted by Gasteiger charge is 2.30. The van der Waals surface area contributed by atoms with E-state index >= 15 is 0 Å². The number of anilines is 1. The number of halogens is 3. The normalized spacial score (nSPS) is 15.8. The van der Waals surface area contributed by atoms with E-state index in [2.05, 4.69) is 15.4 Å². The summed E-state index contributed by atoms with van der Waals surface area (Å²) in [4.78, 5) is 15.9. The first kappa shape index (κ1) is 18.8. The number of carbonyl (C=O) groups is 1. The summed E-state index contributed by atoms with van der Waals surface area (Å²) in [5.74, 6) is 0.478. The second kappa shape index (κ2) is 8.11. The van der Waals surface area contributed by atoms with Crippen LogP contribution in [0.3, 0.4) is 0 Å². The summed E-state index contributed by atoms with van der Waals surface area (Å²) >= 11 is 1.09. The smallest absolute Gasteiger partial charge is 0.310 e. The molecule has 9 heteroatoms. The van der Waals surface area contributed by atoms with Crippen LogP contribution in [0, 0.1) is 0 Å². The third-order valence-corrected chi connectivity index (χ3v) is 5.22. The van der Waals surface area contributed by atoms with Crippen LogP contribution in [-0.2, 0) is 11.0 Å². The molecular formula is C17H19F3N4OS. The van der Waals surface area contributed by atoms with Crippen LogP contribution in [0.25, 0.3) is 0 Å². The standard InChI is InChI=1S/C17H19F3N4OS/c18-17(19,20)12-6-7-16(21-10-12)26-11-15(25)23-14-8-9-22-24(14)13-4-2-1-3-5-13/h6-10,13H,1-5,11H2,(H,23,25). The summed E-state index contributed by atoms with van der Waals surface area (Å²) in [5, 5.41) is 7.52. The van der Waals surface area contributed by atoms with Crippen molar-refractivity contribution in [1.29, 1.82) is 0 Å². The Bertz CT molecular complexity index is 739. The van der Waals surface area contributed by atoms with Crippen molar-refractivity contribution in [2.45, 2.75) is 49.3 Å². The van der Waals surface area contributed by atoms with E-state index in [9.17, 15) is 18.0 Å². The zero-order valence-corrected chi connectivity index (χ0v) is 14.8. The van der Waals surface area contributed by atoms with Gasteiger partial charge in [-0.15, -0.1) is 0 Å². The zero-order valence-electron chi connectivity index (χ0n) is 14.0. The van der Waals surface area contributed by atoms with E-state index in [-0.39, 0.29) is 11.7 Å².